The van der Waals surface area contributed by atoms with Gasteiger partial charge in [-0.2, -0.15) is 0 Å². The van der Waals surface area contributed by atoms with Crippen LogP contribution in [-0.2, 0) is 11.3 Å². The number of aromatic nitrogens is 3. The van der Waals surface area contributed by atoms with Crippen molar-refractivity contribution < 1.29 is 9.47 Å². The maximum absolute atomic E-state index is 6.39. The average molecular weight is 342 g/mol. The first-order valence-corrected chi connectivity index (χ1v) is 9.03. The Labute approximate surface area is 148 Å². The van der Waals surface area contributed by atoms with Crippen LogP contribution in [0.1, 0.15) is 31.2 Å². The largest absolute Gasteiger partial charge is 0.489 e. The average Bonchev–Trinajstić information content (AvgIpc) is 3.17. The van der Waals surface area contributed by atoms with E-state index in [0.29, 0.717) is 18.6 Å². The Bertz CT molecular complexity index is 704. The van der Waals surface area contributed by atoms with Crippen LogP contribution in [-0.4, -0.2) is 51.3 Å². The van der Waals surface area contributed by atoms with Gasteiger partial charge >= 0.3 is 0 Å². The molecule has 0 saturated carbocycles. The van der Waals surface area contributed by atoms with Crippen LogP contribution >= 0.6 is 0 Å². The van der Waals surface area contributed by atoms with Gasteiger partial charge in [0, 0.05) is 37.4 Å². The molecule has 0 radical (unpaired) electrons. The molecule has 2 fully saturated rings. The molecule has 4 heterocycles. The maximum atomic E-state index is 6.39. The lowest BCUT2D eigenvalue weighted by Gasteiger charge is -2.33. The summed E-state index contributed by atoms with van der Waals surface area (Å²) in [5, 5.41) is 0. The standard InChI is InChI=1S/C19H26N4O2/c1-14-17(22-13-21-14)11-23-7-5-18-15(10-23)8-19(2,25-18)12-24-16-4-3-6-20-9-16/h3-4,6,9,13,15,18H,5,7-8,10-12H2,1-2H3,(H,21,22)/t15-,18+,19-/m1/s1. The normalized spacial score (nSPS) is 29.5. The van der Waals surface area contributed by atoms with Gasteiger partial charge < -0.3 is 14.5 Å². The second-order valence-corrected chi connectivity index (χ2v) is 7.55. The van der Waals surface area contributed by atoms with Gasteiger partial charge in [-0.05, 0) is 38.8 Å². The lowest BCUT2D eigenvalue weighted by Crippen LogP contribution is -2.40. The first-order chi connectivity index (χ1) is 12.1. The van der Waals surface area contributed by atoms with Gasteiger partial charge in [0.15, 0.2) is 0 Å². The molecule has 0 unspecified atom stereocenters. The lowest BCUT2D eigenvalue weighted by molar-refractivity contribution is -0.0698. The minimum atomic E-state index is -0.219. The highest BCUT2D eigenvalue weighted by atomic mass is 16.6. The van der Waals surface area contributed by atoms with Gasteiger partial charge in [-0.25, -0.2) is 4.98 Å². The molecule has 0 aliphatic carbocycles. The Balaban J connectivity index is 1.34. The number of H-pyrrole nitrogens is 1. The Morgan fingerprint density at radius 3 is 3.16 bits per heavy atom. The van der Waals surface area contributed by atoms with Crippen LogP contribution in [0.15, 0.2) is 30.9 Å². The highest BCUT2D eigenvalue weighted by Gasteiger charge is 2.46. The molecule has 2 aromatic heterocycles. The molecule has 6 nitrogen and oxygen atoms in total. The van der Waals surface area contributed by atoms with E-state index in [1.54, 1.807) is 18.7 Å². The number of nitrogens with zero attached hydrogens (tertiary/aromatic N) is 3. The minimum Gasteiger partial charge on any atom is -0.489 e. The zero-order chi connectivity index (χ0) is 17.3. The number of pyridine rings is 1. The molecule has 2 aromatic rings. The van der Waals surface area contributed by atoms with Gasteiger partial charge in [0.2, 0.25) is 0 Å². The summed E-state index contributed by atoms with van der Waals surface area (Å²) in [6.45, 7) is 7.88. The van der Waals surface area contributed by atoms with E-state index in [-0.39, 0.29) is 5.60 Å². The summed E-state index contributed by atoms with van der Waals surface area (Å²) >= 11 is 0. The number of rotatable bonds is 5. The third kappa shape index (κ3) is 3.70. The highest BCUT2D eigenvalue weighted by molar-refractivity contribution is 5.16. The Kier molecular flexibility index (Phi) is 4.48. The molecule has 6 heteroatoms. The van der Waals surface area contributed by atoms with Crippen molar-refractivity contribution in [2.45, 2.75) is 44.9 Å². The summed E-state index contributed by atoms with van der Waals surface area (Å²) in [6, 6.07) is 3.83. The molecular formula is C19H26N4O2. The highest BCUT2D eigenvalue weighted by Crippen LogP contribution is 2.39. The van der Waals surface area contributed by atoms with Crippen molar-refractivity contribution in [1.29, 1.82) is 0 Å². The van der Waals surface area contributed by atoms with Crippen LogP contribution in [0.2, 0.25) is 0 Å². The third-order valence-electron chi connectivity index (χ3n) is 5.36. The summed E-state index contributed by atoms with van der Waals surface area (Å²) < 4.78 is 12.3. The van der Waals surface area contributed by atoms with Crippen molar-refractivity contribution in [3.63, 3.8) is 0 Å². The van der Waals surface area contributed by atoms with Gasteiger partial charge in [-0.15, -0.1) is 0 Å². The number of fused-ring (bicyclic) bond motifs is 1. The van der Waals surface area contributed by atoms with Gasteiger partial charge in [-0.1, -0.05) is 0 Å². The van der Waals surface area contributed by atoms with Crippen molar-refractivity contribution in [3.05, 3.63) is 42.2 Å². The number of ether oxygens (including phenoxy) is 2. The minimum absolute atomic E-state index is 0.219. The number of nitrogens with one attached hydrogen (secondary N) is 1. The number of aryl methyl sites for hydroxylation is 1. The second-order valence-electron chi connectivity index (χ2n) is 7.55. The van der Waals surface area contributed by atoms with Crippen molar-refractivity contribution in [3.8, 4) is 5.75 Å². The molecule has 134 valence electrons. The number of hydrogen-bond donors (Lipinski definition) is 1. The third-order valence-corrected chi connectivity index (χ3v) is 5.36. The second kappa shape index (κ2) is 6.77. The fraction of sp³-hybridized carbons (Fsp3) is 0.579. The molecule has 2 aliphatic rings. The summed E-state index contributed by atoms with van der Waals surface area (Å²) in [7, 11) is 0. The van der Waals surface area contributed by atoms with E-state index >= 15 is 0 Å². The van der Waals surface area contributed by atoms with E-state index in [4.69, 9.17) is 9.47 Å². The molecule has 4 rings (SSSR count). The smallest absolute Gasteiger partial charge is 0.137 e. The zero-order valence-corrected chi connectivity index (χ0v) is 14.9. The van der Waals surface area contributed by atoms with Crippen LogP contribution in [0.5, 0.6) is 5.75 Å². The Morgan fingerprint density at radius 2 is 2.40 bits per heavy atom. The number of likely N-dealkylation sites (tertiary alicyclic amines) is 1. The molecule has 0 bridgehead atoms. The van der Waals surface area contributed by atoms with E-state index in [2.05, 4.69) is 33.7 Å². The molecule has 3 atom stereocenters. The lowest BCUT2D eigenvalue weighted by atomic mass is 9.89. The molecular weight excluding hydrogens is 316 g/mol. The predicted molar refractivity (Wildman–Crippen MR) is 94.3 cm³/mol. The van der Waals surface area contributed by atoms with Gasteiger partial charge in [-0.3, -0.25) is 9.88 Å². The number of piperidine rings is 1. The number of hydrogen-bond acceptors (Lipinski definition) is 5. The van der Waals surface area contributed by atoms with Crippen LogP contribution in [0.25, 0.3) is 0 Å². The quantitative estimate of drug-likeness (QED) is 0.905. The monoisotopic (exact) mass is 342 g/mol. The summed E-state index contributed by atoms with van der Waals surface area (Å²) in [4.78, 5) is 14.2. The van der Waals surface area contributed by atoms with Gasteiger partial charge in [0.05, 0.1) is 24.3 Å². The zero-order valence-electron chi connectivity index (χ0n) is 14.9. The SMILES string of the molecule is Cc1[nH]cnc1CN1CC[C@@H]2O[C@@](C)(COc3cccnc3)C[C@@H]2C1. The Hall–Kier alpha value is -1.92. The molecule has 0 aromatic carbocycles. The molecule has 25 heavy (non-hydrogen) atoms. The molecule has 2 saturated heterocycles. The molecule has 2 aliphatic heterocycles. The van der Waals surface area contributed by atoms with E-state index < -0.39 is 0 Å². The predicted octanol–water partition coefficient (Wildman–Crippen LogP) is 2.56. The number of imidazole rings is 1. The first kappa shape index (κ1) is 16.5. The molecule has 0 amide bonds. The van der Waals surface area contributed by atoms with E-state index in [1.165, 1.54) is 5.69 Å². The number of aromatic amines is 1. The first-order valence-electron chi connectivity index (χ1n) is 9.03. The van der Waals surface area contributed by atoms with Gasteiger partial charge in [0.1, 0.15) is 18.0 Å². The van der Waals surface area contributed by atoms with E-state index in [1.807, 2.05) is 12.1 Å². The van der Waals surface area contributed by atoms with E-state index in [9.17, 15) is 0 Å². The van der Waals surface area contributed by atoms with Gasteiger partial charge in [0.25, 0.3) is 0 Å². The van der Waals surface area contributed by atoms with Crippen molar-refractivity contribution in [1.82, 2.24) is 19.9 Å². The summed E-state index contributed by atoms with van der Waals surface area (Å²) in [5.41, 5.74) is 2.10. The van der Waals surface area contributed by atoms with Crippen LogP contribution in [0, 0.1) is 12.8 Å². The molecule has 1 N–H and O–H groups in total. The summed E-state index contributed by atoms with van der Waals surface area (Å²) in [5.74, 6) is 1.37. The van der Waals surface area contributed by atoms with E-state index in [0.717, 1.165) is 43.9 Å². The van der Waals surface area contributed by atoms with Crippen LogP contribution in [0.4, 0.5) is 0 Å². The van der Waals surface area contributed by atoms with Crippen LogP contribution in [0.3, 0.4) is 0 Å². The molecule has 0 spiro atoms. The maximum Gasteiger partial charge on any atom is 0.137 e. The van der Waals surface area contributed by atoms with Crippen molar-refractivity contribution in [2.24, 2.45) is 5.92 Å². The fourth-order valence-corrected chi connectivity index (χ4v) is 4.07. The van der Waals surface area contributed by atoms with Crippen LogP contribution < -0.4 is 4.74 Å². The van der Waals surface area contributed by atoms with Crippen molar-refractivity contribution >= 4 is 0 Å². The fourth-order valence-electron chi connectivity index (χ4n) is 4.07. The van der Waals surface area contributed by atoms with Crippen molar-refractivity contribution in [2.75, 3.05) is 19.7 Å². The Morgan fingerprint density at radius 1 is 1.48 bits per heavy atom. The summed E-state index contributed by atoms with van der Waals surface area (Å²) in [6.07, 6.45) is 7.75. The topological polar surface area (TPSA) is 63.3 Å².